The molecule has 3 rings (SSSR count). The first kappa shape index (κ1) is 16.7. The van der Waals surface area contributed by atoms with Gasteiger partial charge in [0, 0.05) is 11.4 Å². The number of nitrogens with zero attached hydrogens (tertiary/aromatic N) is 1. The fourth-order valence-corrected chi connectivity index (χ4v) is 3.23. The number of hydrogen-bond acceptors (Lipinski definition) is 5. The standard InChI is InChI=1S/C17H15N3O4S/c1-12-16(11-18-24-12)17(21)19-13-7-9-14(10-8-13)20-25(22,23)15-5-3-2-4-6-15/h2-11,20H,1H3,(H,19,21). The molecule has 1 aromatic heterocycles. The molecule has 0 aliphatic rings. The van der Waals surface area contributed by atoms with E-state index in [0.29, 0.717) is 22.7 Å². The molecule has 0 saturated heterocycles. The maximum Gasteiger partial charge on any atom is 0.261 e. The number of nitrogens with one attached hydrogen (secondary N) is 2. The monoisotopic (exact) mass is 357 g/mol. The Kier molecular flexibility index (Phi) is 4.53. The average molecular weight is 357 g/mol. The van der Waals surface area contributed by atoms with Crippen molar-refractivity contribution in [2.75, 3.05) is 10.0 Å². The summed E-state index contributed by atoms with van der Waals surface area (Å²) in [7, 11) is -3.65. The van der Waals surface area contributed by atoms with Gasteiger partial charge >= 0.3 is 0 Å². The minimum Gasteiger partial charge on any atom is -0.361 e. The van der Waals surface area contributed by atoms with E-state index < -0.39 is 10.0 Å². The van der Waals surface area contributed by atoms with E-state index in [0.717, 1.165) is 0 Å². The van der Waals surface area contributed by atoms with Crippen molar-refractivity contribution in [1.82, 2.24) is 5.16 Å². The smallest absolute Gasteiger partial charge is 0.261 e. The van der Waals surface area contributed by atoms with Gasteiger partial charge in [-0.3, -0.25) is 9.52 Å². The Morgan fingerprint density at radius 2 is 1.64 bits per heavy atom. The van der Waals surface area contributed by atoms with Crippen LogP contribution in [0.1, 0.15) is 16.1 Å². The Morgan fingerprint density at radius 3 is 2.24 bits per heavy atom. The van der Waals surface area contributed by atoms with E-state index in [2.05, 4.69) is 15.2 Å². The van der Waals surface area contributed by atoms with Gasteiger partial charge < -0.3 is 9.84 Å². The Morgan fingerprint density at radius 1 is 1.00 bits per heavy atom. The van der Waals surface area contributed by atoms with Gasteiger partial charge in [-0.1, -0.05) is 23.4 Å². The van der Waals surface area contributed by atoms with Gasteiger partial charge in [0.25, 0.3) is 15.9 Å². The SMILES string of the molecule is Cc1oncc1C(=O)Nc1ccc(NS(=O)(=O)c2ccccc2)cc1. The first-order valence-electron chi connectivity index (χ1n) is 7.36. The summed E-state index contributed by atoms with van der Waals surface area (Å²) in [6.45, 7) is 1.64. The summed E-state index contributed by atoms with van der Waals surface area (Å²) in [5.41, 5.74) is 1.25. The second-order valence-corrected chi connectivity index (χ2v) is 6.93. The minimum atomic E-state index is -3.65. The van der Waals surface area contributed by atoms with Gasteiger partial charge in [-0.25, -0.2) is 8.42 Å². The predicted octanol–water partition coefficient (Wildman–Crippen LogP) is 3.04. The Bertz CT molecular complexity index is 980. The maximum absolute atomic E-state index is 12.3. The van der Waals surface area contributed by atoms with Crippen LogP contribution in [0.2, 0.25) is 0 Å². The predicted molar refractivity (Wildman–Crippen MR) is 92.9 cm³/mol. The lowest BCUT2D eigenvalue weighted by atomic mass is 10.2. The first-order chi connectivity index (χ1) is 12.0. The van der Waals surface area contributed by atoms with E-state index in [4.69, 9.17) is 4.52 Å². The topological polar surface area (TPSA) is 101 Å². The van der Waals surface area contributed by atoms with Crippen LogP contribution in [0.15, 0.2) is 70.2 Å². The molecule has 0 aliphatic heterocycles. The molecule has 0 bridgehead atoms. The summed E-state index contributed by atoms with van der Waals surface area (Å²) in [4.78, 5) is 12.2. The molecule has 0 spiro atoms. The maximum atomic E-state index is 12.3. The highest BCUT2D eigenvalue weighted by Crippen LogP contribution is 2.19. The zero-order valence-electron chi connectivity index (χ0n) is 13.3. The molecule has 0 radical (unpaired) electrons. The molecule has 0 unspecified atom stereocenters. The van der Waals surface area contributed by atoms with E-state index in [-0.39, 0.29) is 10.8 Å². The Labute approximate surface area is 144 Å². The van der Waals surface area contributed by atoms with E-state index in [1.807, 2.05) is 0 Å². The molecule has 8 heteroatoms. The molecule has 1 amide bonds. The Balaban J connectivity index is 1.70. The van der Waals surface area contributed by atoms with Gasteiger partial charge in [-0.15, -0.1) is 0 Å². The highest BCUT2D eigenvalue weighted by atomic mass is 32.2. The molecule has 0 saturated carbocycles. The van der Waals surface area contributed by atoms with Crippen LogP contribution >= 0.6 is 0 Å². The molecule has 25 heavy (non-hydrogen) atoms. The van der Waals surface area contributed by atoms with Gasteiger partial charge in [0.2, 0.25) is 0 Å². The Hall–Kier alpha value is -3.13. The number of carbonyl (C=O) groups excluding carboxylic acids is 1. The lowest BCUT2D eigenvalue weighted by Crippen LogP contribution is -2.14. The highest BCUT2D eigenvalue weighted by Gasteiger charge is 2.15. The van der Waals surface area contributed by atoms with Crippen molar-refractivity contribution in [2.45, 2.75) is 11.8 Å². The van der Waals surface area contributed by atoms with Gasteiger partial charge in [0.05, 0.1) is 11.1 Å². The fourth-order valence-electron chi connectivity index (χ4n) is 2.15. The molecule has 0 atom stereocenters. The van der Waals surface area contributed by atoms with Crippen molar-refractivity contribution in [2.24, 2.45) is 0 Å². The van der Waals surface area contributed by atoms with Gasteiger partial charge in [-0.05, 0) is 43.3 Å². The summed E-state index contributed by atoms with van der Waals surface area (Å²) in [6, 6.07) is 14.4. The highest BCUT2D eigenvalue weighted by molar-refractivity contribution is 7.92. The molecule has 2 aromatic carbocycles. The number of carbonyl (C=O) groups is 1. The summed E-state index contributed by atoms with van der Waals surface area (Å²) >= 11 is 0. The molecule has 7 nitrogen and oxygen atoms in total. The van der Waals surface area contributed by atoms with E-state index in [9.17, 15) is 13.2 Å². The third-order valence-corrected chi connectivity index (χ3v) is 4.84. The first-order valence-corrected chi connectivity index (χ1v) is 8.84. The summed E-state index contributed by atoms with van der Waals surface area (Å²) in [5, 5.41) is 6.25. The number of sulfonamides is 1. The van der Waals surface area contributed by atoms with Crippen LogP contribution in [0.4, 0.5) is 11.4 Å². The van der Waals surface area contributed by atoms with Crippen molar-refractivity contribution in [3.8, 4) is 0 Å². The van der Waals surface area contributed by atoms with Crippen molar-refractivity contribution in [3.05, 3.63) is 72.1 Å². The number of anilines is 2. The number of benzene rings is 2. The summed E-state index contributed by atoms with van der Waals surface area (Å²) < 4.78 is 31.9. The van der Waals surface area contributed by atoms with Gasteiger partial charge in [-0.2, -0.15) is 0 Å². The number of aromatic nitrogens is 1. The second-order valence-electron chi connectivity index (χ2n) is 5.25. The van der Waals surface area contributed by atoms with Crippen LogP contribution < -0.4 is 10.0 Å². The van der Waals surface area contributed by atoms with Crippen LogP contribution in [0.25, 0.3) is 0 Å². The number of amides is 1. The average Bonchev–Trinajstić information content (AvgIpc) is 3.03. The molecule has 0 fully saturated rings. The van der Waals surface area contributed by atoms with Crippen molar-refractivity contribution in [3.63, 3.8) is 0 Å². The van der Waals surface area contributed by atoms with Crippen LogP contribution in [0.5, 0.6) is 0 Å². The van der Waals surface area contributed by atoms with Crippen molar-refractivity contribution in [1.29, 1.82) is 0 Å². The van der Waals surface area contributed by atoms with Gasteiger partial charge in [0.1, 0.15) is 11.3 Å². The number of hydrogen-bond donors (Lipinski definition) is 2. The summed E-state index contributed by atoms with van der Waals surface area (Å²) in [5.74, 6) is 0.0705. The van der Waals surface area contributed by atoms with Gasteiger partial charge in [0.15, 0.2) is 0 Å². The second kappa shape index (κ2) is 6.78. The lowest BCUT2D eigenvalue weighted by molar-refractivity contribution is 0.102. The third-order valence-electron chi connectivity index (χ3n) is 3.44. The van der Waals surface area contributed by atoms with Crippen LogP contribution in [-0.2, 0) is 10.0 Å². The van der Waals surface area contributed by atoms with Crippen molar-refractivity contribution < 1.29 is 17.7 Å². The number of rotatable bonds is 5. The quantitative estimate of drug-likeness (QED) is 0.731. The molecular weight excluding hydrogens is 342 g/mol. The third kappa shape index (κ3) is 3.86. The van der Waals surface area contributed by atoms with E-state index in [1.165, 1.54) is 18.3 Å². The van der Waals surface area contributed by atoms with Crippen molar-refractivity contribution >= 4 is 27.3 Å². The molecule has 1 heterocycles. The van der Waals surface area contributed by atoms with Crippen LogP contribution in [-0.4, -0.2) is 19.5 Å². The molecule has 3 aromatic rings. The van der Waals surface area contributed by atoms with Crippen LogP contribution in [0, 0.1) is 6.92 Å². The fraction of sp³-hybridized carbons (Fsp3) is 0.0588. The van der Waals surface area contributed by atoms with E-state index >= 15 is 0 Å². The largest absolute Gasteiger partial charge is 0.361 e. The van der Waals surface area contributed by atoms with Crippen LogP contribution in [0.3, 0.4) is 0 Å². The number of aryl methyl sites for hydroxylation is 1. The molecular formula is C17H15N3O4S. The molecule has 2 N–H and O–H groups in total. The minimum absolute atomic E-state index is 0.176. The lowest BCUT2D eigenvalue weighted by Gasteiger charge is -2.09. The summed E-state index contributed by atoms with van der Waals surface area (Å²) in [6.07, 6.45) is 1.34. The molecule has 0 aliphatic carbocycles. The zero-order chi connectivity index (χ0) is 17.9. The molecule has 128 valence electrons. The van der Waals surface area contributed by atoms with E-state index in [1.54, 1.807) is 49.4 Å². The normalized spacial score (nSPS) is 11.1. The zero-order valence-corrected chi connectivity index (χ0v) is 14.1.